The number of hydrogen-bond acceptors (Lipinski definition) is 4. The minimum Gasteiger partial charge on any atom is -1.00 e. The van der Waals surface area contributed by atoms with Crippen molar-refractivity contribution in [1.29, 1.82) is 0 Å². The zero-order valence-electron chi connectivity index (χ0n) is 13.5. The fraction of sp³-hybridized carbons (Fsp3) is 0.500. The van der Waals surface area contributed by atoms with Crippen molar-refractivity contribution < 1.29 is 75.3 Å². The fourth-order valence-electron chi connectivity index (χ4n) is 1.74. The van der Waals surface area contributed by atoms with E-state index in [9.17, 15) is 13.2 Å². The predicted octanol–water partition coefficient (Wildman–Crippen LogP) is 0.316. The van der Waals surface area contributed by atoms with Gasteiger partial charge in [-0.2, -0.15) is 8.42 Å². The largest absolute Gasteiger partial charge is 1.00 e. The molecule has 0 spiro atoms. The van der Waals surface area contributed by atoms with Crippen LogP contribution in [-0.2, 0) is 14.9 Å². The Morgan fingerprint density at radius 3 is 2.24 bits per heavy atom. The van der Waals surface area contributed by atoms with Gasteiger partial charge in [-0.05, 0) is 30.7 Å². The summed E-state index contributed by atoms with van der Waals surface area (Å²) in [5, 5.41) is 0. The Bertz CT molecular complexity index is 531. The first-order valence-corrected chi connectivity index (χ1v) is 8.15. The molecule has 0 saturated heterocycles. The molecule has 0 aromatic heterocycles. The van der Waals surface area contributed by atoms with Crippen molar-refractivity contribution in [1.82, 2.24) is 0 Å². The summed E-state index contributed by atoms with van der Waals surface area (Å²) in [5.41, 5.74) is 0. The monoisotopic (exact) mass is 340 g/mol. The van der Waals surface area contributed by atoms with Crippen molar-refractivity contribution in [2.24, 2.45) is 0 Å². The first kappa shape index (κ1) is 21.2. The number of unbranched alkanes of at least 4 members (excludes halogenated alkanes) is 4. The minimum absolute atomic E-state index is 0. The quantitative estimate of drug-likeness (QED) is 0.242. The second-order valence-electron chi connectivity index (χ2n) is 4.58. The maximum atomic E-state index is 11.5. The first-order valence-electron chi connectivity index (χ1n) is 6.71. The van der Waals surface area contributed by atoms with Crippen LogP contribution in [0.25, 0.3) is 0 Å². The molecule has 0 aliphatic heterocycles. The van der Waals surface area contributed by atoms with Gasteiger partial charge < -0.3 is 6.16 Å². The summed E-state index contributed by atoms with van der Waals surface area (Å²) in [4.78, 5) is 11.3. The van der Waals surface area contributed by atoms with E-state index < -0.39 is 10.1 Å². The Balaban J connectivity index is 0. The molecule has 0 heterocycles. The maximum Gasteiger partial charge on any atom is 1.00 e. The van der Waals surface area contributed by atoms with Crippen molar-refractivity contribution in [3.05, 3.63) is 24.3 Å². The van der Waals surface area contributed by atoms with Crippen LogP contribution in [0.1, 0.15) is 46.9 Å². The SMILES string of the molecule is CCCCCCCC(=O)Oc1ccc(S(=O)(=O)O)cc1.[H-].[K+]. The first-order chi connectivity index (χ1) is 9.43. The summed E-state index contributed by atoms with van der Waals surface area (Å²) in [7, 11) is -4.21. The van der Waals surface area contributed by atoms with Gasteiger partial charge >= 0.3 is 57.4 Å². The van der Waals surface area contributed by atoms with Crippen LogP contribution in [0.2, 0.25) is 0 Å². The number of ether oxygens (including phenoxy) is 1. The van der Waals surface area contributed by atoms with Gasteiger partial charge in [0, 0.05) is 6.42 Å². The van der Waals surface area contributed by atoms with E-state index in [4.69, 9.17) is 9.29 Å². The van der Waals surface area contributed by atoms with Gasteiger partial charge in [0.15, 0.2) is 0 Å². The number of carbonyl (C=O) groups excluding carboxylic acids is 1. The summed E-state index contributed by atoms with van der Waals surface area (Å²) in [6.07, 6.45) is 5.60. The second-order valence-corrected chi connectivity index (χ2v) is 6.01. The maximum absolute atomic E-state index is 11.5. The van der Waals surface area contributed by atoms with Gasteiger partial charge in [-0.25, -0.2) is 0 Å². The van der Waals surface area contributed by atoms with E-state index in [1.165, 1.54) is 30.7 Å². The van der Waals surface area contributed by atoms with Crippen molar-refractivity contribution in [3.8, 4) is 5.75 Å². The Morgan fingerprint density at radius 2 is 1.71 bits per heavy atom. The van der Waals surface area contributed by atoms with E-state index in [1.807, 2.05) is 0 Å². The minimum atomic E-state index is -4.21. The van der Waals surface area contributed by atoms with Crippen LogP contribution in [-0.4, -0.2) is 18.9 Å². The Kier molecular flexibility index (Phi) is 11.0. The summed E-state index contributed by atoms with van der Waals surface area (Å²) < 4.78 is 35.6. The second kappa shape index (κ2) is 10.9. The summed E-state index contributed by atoms with van der Waals surface area (Å²) in [6.45, 7) is 2.13. The number of rotatable bonds is 8. The molecule has 21 heavy (non-hydrogen) atoms. The van der Waals surface area contributed by atoms with Crippen LogP contribution in [0, 0.1) is 0 Å². The third-order valence-electron chi connectivity index (χ3n) is 2.84. The number of esters is 1. The van der Waals surface area contributed by atoms with E-state index in [0.29, 0.717) is 6.42 Å². The zero-order valence-corrected chi connectivity index (χ0v) is 16.5. The molecule has 1 N–H and O–H groups in total. The zero-order chi connectivity index (χ0) is 15.0. The van der Waals surface area contributed by atoms with Crippen molar-refractivity contribution >= 4 is 16.1 Å². The van der Waals surface area contributed by atoms with E-state index in [0.717, 1.165) is 25.7 Å². The molecular formula is C14H21KO5S. The smallest absolute Gasteiger partial charge is 1.00 e. The molecule has 1 aromatic rings. The van der Waals surface area contributed by atoms with Gasteiger partial charge in [-0.1, -0.05) is 32.6 Å². The van der Waals surface area contributed by atoms with Gasteiger partial charge in [0.2, 0.25) is 0 Å². The average Bonchev–Trinajstić information content (AvgIpc) is 2.38. The Morgan fingerprint density at radius 1 is 1.14 bits per heavy atom. The molecule has 7 heteroatoms. The standard InChI is InChI=1S/C14H20O5S.K.H/c1-2-3-4-5-6-7-14(15)19-12-8-10-13(11-9-12)20(16,17)18;;/h8-11H,2-7H2,1H3,(H,16,17,18);;/q;+1;-1. The molecule has 0 aliphatic rings. The third kappa shape index (κ3) is 9.07. The predicted molar refractivity (Wildman–Crippen MR) is 76.4 cm³/mol. The molecule has 5 nitrogen and oxygen atoms in total. The van der Waals surface area contributed by atoms with Crippen molar-refractivity contribution in [2.75, 3.05) is 0 Å². The summed E-state index contributed by atoms with van der Waals surface area (Å²) in [5.74, 6) is -0.0583. The molecule has 114 valence electrons. The van der Waals surface area contributed by atoms with Crippen LogP contribution in [0.3, 0.4) is 0 Å². The molecule has 0 radical (unpaired) electrons. The number of benzene rings is 1. The average molecular weight is 340 g/mol. The van der Waals surface area contributed by atoms with Gasteiger partial charge in [-0.3, -0.25) is 9.35 Å². The molecule has 0 fully saturated rings. The van der Waals surface area contributed by atoms with E-state index in [2.05, 4.69) is 6.92 Å². The van der Waals surface area contributed by atoms with Gasteiger partial charge in [0.05, 0.1) is 4.90 Å². The number of hydrogen-bond donors (Lipinski definition) is 1. The van der Waals surface area contributed by atoms with E-state index in [1.54, 1.807) is 0 Å². The molecule has 1 rings (SSSR count). The van der Waals surface area contributed by atoms with E-state index >= 15 is 0 Å². The normalized spacial score (nSPS) is 10.8. The van der Waals surface area contributed by atoms with Crippen LogP contribution < -0.4 is 56.1 Å². The van der Waals surface area contributed by atoms with Crippen molar-refractivity contribution in [2.45, 2.75) is 50.3 Å². The number of carbonyl (C=O) groups is 1. The van der Waals surface area contributed by atoms with Gasteiger partial charge in [0.1, 0.15) is 5.75 Å². The van der Waals surface area contributed by atoms with Crippen LogP contribution >= 0.6 is 0 Å². The molecular weight excluding hydrogens is 319 g/mol. The van der Waals surface area contributed by atoms with Gasteiger partial charge in [0.25, 0.3) is 10.1 Å². The molecule has 0 amide bonds. The van der Waals surface area contributed by atoms with Crippen molar-refractivity contribution in [3.63, 3.8) is 0 Å². The molecule has 0 bridgehead atoms. The Labute approximate surface area is 170 Å². The van der Waals surface area contributed by atoms with Crippen LogP contribution in [0.15, 0.2) is 29.2 Å². The molecule has 0 unspecified atom stereocenters. The Hall–Kier alpha value is 0.236. The van der Waals surface area contributed by atoms with E-state index in [-0.39, 0.29) is 69.4 Å². The van der Waals surface area contributed by atoms with Crippen LogP contribution in [0.4, 0.5) is 0 Å². The third-order valence-corrected chi connectivity index (χ3v) is 3.71. The fourth-order valence-corrected chi connectivity index (χ4v) is 2.22. The van der Waals surface area contributed by atoms with Gasteiger partial charge in [-0.15, -0.1) is 0 Å². The summed E-state index contributed by atoms with van der Waals surface area (Å²) >= 11 is 0. The molecule has 0 atom stereocenters. The molecule has 0 aliphatic carbocycles. The topological polar surface area (TPSA) is 80.7 Å². The molecule has 1 aromatic carbocycles. The molecule has 0 saturated carbocycles. The van der Waals surface area contributed by atoms with Crippen LogP contribution in [0.5, 0.6) is 5.75 Å². The summed E-state index contributed by atoms with van der Waals surface area (Å²) in [6, 6.07) is 5.08.